The molecular weight excluding hydrogens is 370 g/mol. The Morgan fingerprint density at radius 3 is 1.68 bits per heavy atom. The van der Waals surface area contributed by atoms with Crippen molar-refractivity contribution in [2.24, 2.45) is 0 Å². The van der Waals surface area contributed by atoms with E-state index < -0.39 is 5.60 Å². The molecule has 0 fully saturated rings. The Balaban J connectivity index is 1.79. The molecule has 0 saturated carbocycles. The molecule has 160 valence electrons. The number of hydrogen-bond acceptors (Lipinski definition) is 8. The fourth-order valence-electron chi connectivity index (χ4n) is 2.12. The molecule has 0 aromatic heterocycles. The summed E-state index contributed by atoms with van der Waals surface area (Å²) in [6, 6.07) is 0. The Labute approximate surface area is 165 Å². The summed E-state index contributed by atoms with van der Waals surface area (Å²) in [5.41, 5.74) is -0.477. The molecule has 28 heavy (non-hydrogen) atoms. The van der Waals surface area contributed by atoms with E-state index in [2.05, 4.69) is 0 Å². The summed E-state index contributed by atoms with van der Waals surface area (Å²) in [6.07, 6.45) is 2.71. The third kappa shape index (κ3) is 11.8. The summed E-state index contributed by atoms with van der Waals surface area (Å²) in [5.74, 6) is -0.897. The second-order valence-electron chi connectivity index (χ2n) is 6.95. The molecule has 0 bridgehead atoms. The predicted molar refractivity (Wildman–Crippen MR) is 99.6 cm³/mol. The zero-order chi connectivity index (χ0) is 20.8. The Morgan fingerprint density at radius 2 is 1.21 bits per heavy atom. The first-order valence-electron chi connectivity index (χ1n) is 9.36. The number of amides is 2. The molecule has 1 heterocycles. The van der Waals surface area contributed by atoms with Gasteiger partial charge in [-0.3, -0.25) is 19.3 Å². The summed E-state index contributed by atoms with van der Waals surface area (Å²) < 4.78 is 26.5. The Hall–Kier alpha value is -1.81. The number of carbonyl (C=O) groups is 3. The van der Waals surface area contributed by atoms with Crippen LogP contribution in [0.25, 0.3) is 0 Å². The van der Waals surface area contributed by atoms with Crippen LogP contribution in [0.2, 0.25) is 0 Å². The van der Waals surface area contributed by atoms with Gasteiger partial charge in [0.1, 0.15) is 5.60 Å². The molecule has 0 radical (unpaired) electrons. The molecule has 0 saturated heterocycles. The molecule has 0 aromatic rings. The van der Waals surface area contributed by atoms with Crippen LogP contribution in [0.15, 0.2) is 12.2 Å². The summed E-state index contributed by atoms with van der Waals surface area (Å²) in [6.45, 7) is 8.73. The van der Waals surface area contributed by atoms with Gasteiger partial charge >= 0.3 is 5.97 Å². The normalized spacial score (nSPS) is 14.2. The van der Waals surface area contributed by atoms with E-state index in [9.17, 15) is 14.4 Å². The molecule has 0 aliphatic carbocycles. The molecule has 1 rings (SSSR count). The van der Waals surface area contributed by atoms with Crippen molar-refractivity contribution in [3.8, 4) is 0 Å². The highest BCUT2D eigenvalue weighted by Gasteiger charge is 2.22. The number of nitrogens with zero attached hydrogens (tertiary/aromatic N) is 1. The zero-order valence-electron chi connectivity index (χ0n) is 16.9. The maximum Gasteiger partial charge on any atom is 0.308 e. The van der Waals surface area contributed by atoms with Crippen LogP contribution in [0.3, 0.4) is 0 Å². The molecule has 9 heteroatoms. The first kappa shape index (κ1) is 24.2. The van der Waals surface area contributed by atoms with Gasteiger partial charge in [0.2, 0.25) is 0 Å². The first-order chi connectivity index (χ1) is 13.3. The van der Waals surface area contributed by atoms with Crippen molar-refractivity contribution in [1.29, 1.82) is 0 Å². The van der Waals surface area contributed by atoms with E-state index in [4.69, 9.17) is 23.7 Å². The Morgan fingerprint density at radius 1 is 0.786 bits per heavy atom. The Kier molecular flexibility index (Phi) is 11.6. The minimum Gasteiger partial charge on any atom is -0.460 e. The molecule has 1 aliphatic rings. The maximum atomic E-state index is 11.5. The predicted octanol–water partition coefficient (Wildman–Crippen LogP) is 0.710. The Bertz CT molecular complexity index is 509. The number of rotatable bonds is 15. The molecule has 0 atom stereocenters. The zero-order valence-corrected chi connectivity index (χ0v) is 16.9. The van der Waals surface area contributed by atoms with E-state index in [0.29, 0.717) is 46.2 Å². The van der Waals surface area contributed by atoms with Crippen molar-refractivity contribution in [3.63, 3.8) is 0 Å². The van der Waals surface area contributed by atoms with Crippen LogP contribution in [0.1, 0.15) is 27.2 Å². The molecule has 0 aromatic carbocycles. The van der Waals surface area contributed by atoms with E-state index in [-0.39, 0.29) is 37.4 Å². The monoisotopic (exact) mass is 401 g/mol. The molecule has 1 aliphatic heterocycles. The third-order valence-corrected chi connectivity index (χ3v) is 3.35. The third-order valence-electron chi connectivity index (χ3n) is 3.35. The second-order valence-corrected chi connectivity index (χ2v) is 6.95. The van der Waals surface area contributed by atoms with Crippen LogP contribution in [0.5, 0.6) is 0 Å². The van der Waals surface area contributed by atoms with Crippen LogP contribution in [-0.2, 0) is 38.1 Å². The molecule has 2 amide bonds. The lowest BCUT2D eigenvalue weighted by molar-refractivity contribution is -0.156. The SMILES string of the molecule is CC(C)(C)OC(=O)CCOCCOCCOCCOCCN1C(=O)C=CC1=O. The summed E-state index contributed by atoms with van der Waals surface area (Å²) >= 11 is 0. The number of imide groups is 1. The average Bonchev–Trinajstić information content (AvgIpc) is 2.92. The van der Waals surface area contributed by atoms with Crippen LogP contribution in [-0.4, -0.2) is 87.7 Å². The van der Waals surface area contributed by atoms with Gasteiger partial charge in [0.15, 0.2) is 0 Å². The summed E-state index contributed by atoms with van der Waals surface area (Å²) in [5, 5.41) is 0. The van der Waals surface area contributed by atoms with E-state index in [1.54, 1.807) is 0 Å². The molecule has 0 N–H and O–H groups in total. The van der Waals surface area contributed by atoms with Crippen LogP contribution in [0, 0.1) is 0 Å². The van der Waals surface area contributed by atoms with Crippen molar-refractivity contribution in [2.75, 3.05) is 59.4 Å². The van der Waals surface area contributed by atoms with Crippen molar-refractivity contribution in [3.05, 3.63) is 12.2 Å². The van der Waals surface area contributed by atoms with Crippen molar-refractivity contribution < 1.29 is 38.1 Å². The van der Waals surface area contributed by atoms with Gasteiger partial charge in [-0.15, -0.1) is 0 Å². The highest BCUT2D eigenvalue weighted by molar-refractivity contribution is 6.12. The molecular formula is C19H31NO8. The average molecular weight is 401 g/mol. The van der Waals surface area contributed by atoms with Crippen molar-refractivity contribution >= 4 is 17.8 Å². The standard InChI is InChI=1S/C19H31NO8/c1-19(2,3)28-18(23)6-8-24-10-12-26-14-15-27-13-11-25-9-7-20-16(21)4-5-17(20)22/h4-5H,6-15H2,1-3H3. The maximum absolute atomic E-state index is 11.5. The molecule has 0 spiro atoms. The highest BCUT2D eigenvalue weighted by Crippen LogP contribution is 2.08. The van der Waals surface area contributed by atoms with Gasteiger partial charge in [0, 0.05) is 12.2 Å². The lowest BCUT2D eigenvalue weighted by Crippen LogP contribution is -2.33. The van der Waals surface area contributed by atoms with Gasteiger partial charge in [0.25, 0.3) is 11.8 Å². The van der Waals surface area contributed by atoms with E-state index in [1.165, 1.54) is 12.2 Å². The summed E-state index contributed by atoms with van der Waals surface area (Å²) in [4.78, 5) is 35.2. The van der Waals surface area contributed by atoms with E-state index in [0.717, 1.165) is 4.90 Å². The minimum absolute atomic E-state index is 0.219. The van der Waals surface area contributed by atoms with Gasteiger partial charge < -0.3 is 23.7 Å². The largest absolute Gasteiger partial charge is 0.460 e. The van der Waals surface area contributed by atoms with E-state index >= 15 is 0 Å². The van der Waals surface area contributed by atoms with Gasteiger partial charge in [-0.25, -0.2) is 0 Å². The lowest BCUT2D eigenvalue weighted by Gasteiger charge is -2.19. The number of carbonyl (C=O) groups excluding carboxylic acids is 3. The molecule has 9 nitrogen and oxygen atoms in total. The molecule has 0 unspecified atom stereocenters. The fraction of sp³-hybridized carbons (Fsp3) is 0.737. The smallest absolute Gasteiger partial charge is 0.308 e. The van der Waals surface area contributed by atoms with Crippen molar-refractivity contribution in [1.82, 2.24) is 4.90 Å². The van der Waals surface area contributed by atoms with Gasteiger partial charge in [-0.05, 0) is 20.8 Å². The number of ether oxygens (including phenoxy) is 5. The number of esters is 1. The van der Waals surface area contributed by atoms with Crippen LogP contribution < -0.4 is 0 Å². The van der Waals surface area contributed by atoms with Gasteiger partial charge in [0.05, 0.1) is 65.8 Å². The van der Waals surface area contributed by atoms with Crippen molar-refractivity contribution in [2.45, 2.75) is 32.8 Å². The van der Waals surface area contributed by atoms with E-state index in [1.807, 2.05) is 20.8 Å². The van der Waals surface area contributed by atoms with Crippen LogP contribution >= 0.6 is 0 Å². The topological polar surface area (TPSA) is 101 Å². The van der Waals surface area contributed by atoms with Gasteiger partial charge in [-0.2, -0.15) is 0 Å². The lowest BCUT2D eigenvalue weighted by atomic mass is 10.2. The quantitative estimate of drug-likeness (QED) is 0.225. The minimum atomic E-state index is -0.477. The second kappa shape index (κ2) is 13.4. The van der Waals surface area contributed by atoms with Crippen LogP contribution in [0.4, 0.5) is 0 Å². The highest BCUT2D eigenvalue weighted by atomic mass is 16.6. The van der Waals surface area contributed by atoms with Gasteiger partial charge in [-0.1, -0.05) is 0 Å². The first-order valence-corrected chi connectivity index (χ1v) is 9.36. The number of hydrogen-bond donors (Lipinski definition) is 0. The summed E-state index contributed by atoms with van der Waals surface area (Å²) in [7, 11) is 0. The fourth-order valence-corrected chi connectivity index (χ4v) is 2.12.